The SMILES string of the molecule is C=C(C)C(=O)c1ccc2c(c1)N=C(Cl)c1ccccc1S2. The molecule has 0 unspecified atom stereocenters. The molecular weight excluding hydrogens is 302 g/mol. The lowest BCUT2D eigenvalue weighted by Crippen LogP contribution is -1.99. The Morgan fingerprint density at radius 1 is 1.19 bits per heavy atom. The predicted octanol–water partition coefficient (Wildman–Crippen LogP) is 5.23. The van der Waals surface area contributed by atoms with Gasteiger partial charge in [0.25, 0.3) is 0 Å². The Balaban J connectivity index is 2.13. The molecule has 0 bridgehead atoms. The van der Waals surface area contributed by atoms with E-state index in [1.54, 1.807) is 30.8 Å². The highest BCUT2D eigenvalue weighted by Crippen LogP contribution is 2.41. The lowest BCUT2D eigenvalue weighted by atomic mass is 10.1. The van der Waals surface area contributed by atoms with Crippen LogP contribution in [0.2, 0.25) is 0 Å². The van der Waals surface area contributed by atoms with E-state index in [-0.39, 0.29) is 5.78 Å². The van der Waals surface area contributed by atoms with E-state index in [0.29, 0.717) is 22.0 Å². The molecule has 1 aliphatic rings. The standard InChI is InChI=1S/C17H12ClNOS/c1-10(2)16(20)11-7-8-15-13(9-11)19-17(18)12-5-3-4-6-14(12)21-15/h3-9H,1H2,2H3. The zero-order valence-corrected chi connectivity index (χ0v) is 13.0. The summed E-state index contributed by atoms with van der Waals surface area (Å²) in [6.45, 7) is 5.40. The number of ketones is 1. The van der Waals surface area contributed by atoms with Crippen LogP contribution in [-0.2, 0) is 0 Å². The molecule has 0 aromatic heterocycles. The van der Waals surface area contributed by atoms with Gasteiger partial charge in [0.1, 0.15) is 5.17 Å². The second kappa shape index (κ2) is 5.51. The lowest BCUT2D eigenvalue weighted by Gasteiger charge is -2.06. The molecule has 2 aromatic rings. The number of hydrogen-bond donors (Lipinski definition) is 0. The molecule has 2 nitrogen and oxygen atoms in total. The summed E-state index contributed by atoms with van der Waals surface area (Å²) in [6.07, 6.45) is 0. The molecule has 3 rings (SSSR count). The van der Waals surface area contributed by atoms with Gasteiger partial charge in [0.15, 0.2) is 5.78 Å². The van der Waals surface area contributed by atoms with Gasteiger partial charge in [-0.15, -0.1) is 0 Å². The Morgan fingerprint density at radius 3 is 2.71 bits per heavy atom. The number of nitrogens with zero attached hydrogens (tertiary/aromatic N) is 1. The number of carbonyl (C=O) groups is 1. The molecule has 21 heavy (non-hydrogen) atoms. The first-order chi connectivity index (χ1) is 10.1. The molecule has 104 valence electrons. The Kier molecular flexibility index (Phi) is 3.70. The monoisotopic (exact) mass is 313 g/mol. The first kappa shape index (κ1) is 14.1. The number of carbonyl (C=O) groups excluding carboxylic acids is 1. The summed E-state index contributed by atoms with van der Waals surface area (Å²) in [7, 11) is 0. The third-order valence-electron chi connectivity index (χ3n) is 3.16. The van der Waals surface area contributed by atoms with Crippen LogP contribution in [0.4, 0.5) is 5.69 Å². The fourth-order valence-corrected chi connectivity index (χ4v) is 3.40. The van der Waals surface area contributed by atoms with Crippen molar-refractivity contribution in [1.82, 2.24) is 0 Å². The average molecular weight is 314 g/mol. The van der Waals surface area contributed by atoms with E-state index in [0.717, 1.165) is 15.4 Å². The Morgan fingerprint density at radius 2 is 1.95 bits per heavy atom. The lowest BCUT2D eigenvalue weighted by molar-refractivity contribution is 0.103. The predicted molar refractivity (Wildman–Crippen MR) is 88.2 cm³/mol. The van der Waals surface area contributed by atoms with Gasteiger partial charge in [-0.2, -0.15) is 0 Å². The van der Waals surface area contributed by atoms with Crippen molar-refractivity contribution >= 4 is 40.0 Å². The van der Waals surface area contributed by atoms with Crippen molar-refractivity contribution in [3.05, 3.63) is 65.7 Å². The van der Waals surface area contributed by atoms with Crippen LogP contribution in [0.5, 0.6) is 0 Å². The number of allylic oxidation sites excluding steroid dienone is 1. The minimum absolute atomic E-state index is 0.0733. The maximum atomic E-state index is 12.0. The van der Waals surface area contributed by atoms with E-state index >= 15 is 0 Å². The minimum atomic E-state index is -0.0733. The molecule has 0 saturated carbocycles. The number of rotatable bonds is 2. The summed E-state index contributed by atoms with van der Waals surface area (Å²) < 4.78 is 0. The average Bonchev–Trinajstić information content (AvgIpc) is 2.61. The number of halogens is 1. The maximum Gasteiger partial charge on any atom is 0.188 e. The van der Waals surface area contributed by atoms with Crippen LogP contribution in [0, 0.1) is 0 Å². The molecule has 0 spiro atoms. The minimum Gasteiger partial charge on any atom is -0.289 e. The molecule has 0 saturated heterocycles. The van der Waals surface area contributed by atoms with Crippen molar-refractivity contribution in [2.45, 2.75) is 16.7 Å². The number of benzene rings is 2. The van der Waals surface area contributed by atoms with Crippen LogP contribution >= 0.6 is 23.4 Å². The fourth-order valence-electron chi connectivity index (χ4n) is 2.09. The quantitative estimate of drug-likeness (QED) is 0.561. The van der Waals surface area contributed by atoms with Crippen LogP contribution in [0.1, 0.15) is 22.8 Å². The van der Waals surface area contributed by atoms with Gasteiger partial charge in [0, 0.05) is 20.9 Å². The van der Waals surface area contributed by atoms with Gasteiger partial charge in [-0.05, 0) is 36.8 Å². The summed E-state index contributed by atoms with van der Waals surface area (Å²) in [4.78, 5) is 18.5. The van der Waals surface area contributed by atoms with Crippen molar-refractivity contribution in [2.75, 3.05) is 0 Å². The van der Waals surface area contributed by atoms with Crippen molar-refractivity contribution in [3.63, 3.8) is 0 Å². The highest BCUT2D eigenvalue weighted by Gasteiger charge is 2.17. The molecule has 0 fully saturated rings. The summed E-state index contributed by atoms with van der Waals surface area (Å²) in [5.41, 5.74) is 2.72. The smallest absolute Gasteiger partial charge is 0.188 e. The van der Waals surface area contributed by atoms with Crippen LogP contribution in [0.25, 0.3) is 0 Å². The summed E-state index contributed by atoms with van der Waals surface area (Å²) in [5, 5.41) is 0.441. The molecule has 1 heterocycles. The molecule has 0 radical (unpaired) electrons. The van der Waals surface area contributed by atoms with E-state index in [2.05, 4.69) is 11.6 Å². The second-order valence-corrected chi connectivity index (χ2v) is 6.23. The first-order valence-corrected chi connectivity index (χ1v) is 7.61. The van der Waals surface area contributed by atoms with Crippen LogP contribution < -0.4 is 0 Å². The Bertz CT molecular complexity index is 795. The van der Waals surface area contributed by atoms with Gasteiger partial charge >= 0.3 is 0 Å². The molecular formula is C17H12ClNOS. The summed E-state index contributed by atoms with van der Waals surface area (Å²) in [6, 6.07) is 13.4. The van der Waals surface area contributed by atoms with E-state index in [1.165, 1.54) is 0 Å². The van der Waals surface area contributed by atoms with Crippen LogP contribution in [0.15, 0.2) is 69.4 Å². The van der Waals surface area contributed by atoms with Gasteiger partial charge in [-0.1, -0.05) is 48.1 Å². The summed E-state index contributed by atoms with van der Waals surface area (Å²) in [5.74, 6) is -0.0733. The van der Waals surface area contributed by atoms with Crippen LogP contribution in [0.3, 0.4) is 0 Å². The second-order valence-electron chi connectivity index (χ2n) is 4.79. The van der Waals surface area contributed by atoms with Crippen molar-refractivity contribution in [3.8, 4) is 0 Å². The zero-order chi connectivity index (χ0) is 15.0. The highest BCUT2D eigenvalue weighted by molar-refractivity contribution is 7.99. The third-order valence-corrected chi connectivity index (χ3v) is 4.59. The largest absolute Gasteiger partial charge is 0.289 e. The van der Waals surface area contributed by atoms with E-state index in [9.17, 15) is 4.79 Å². The molecule has 2 aromatic carbocycles. The number of aliphatic imine (C=N–C) groups is 1. The molecule has 1 aliphatic heterocycles. The van der Waals surface area contributed by atoms with Crippen molar-refractivity contribution in [2.24, 2.45) is 4.99 Å². The first-order valence-electron chi connectivity index (χ1n) is 6.42. The van der Waals surface area contributed by atoms with Crippen molar-refractivity contribution in [1.29, 1.82) is 0 Å². The molecule has 0 amide bonds. The van der Waals surface area contributed by atoms with Crippen LogP contribution in [-0.4, -0.2) is 11.0 Å². The highest BCUT2D eigenvalue weighted by atomic mass is 35.5. The molecule has 4 heteroatoms. The normalized spacial score (nSPS) is 12.8. The zero-order valence-electron chi connectivity index (χ0n) is 11.4. The summed E-state index contributed by atoms with van der Waals surface area (Å²) >= 11 is 7.91. The van der Waals surface area contributed by atoms with Gasteiger partial charge < -0.3 is 0 Å². The molecule has 0 atom stereocenters. The maximum absolute atomic E-state index is 12.0. The van der Waals surface area contributed by atoms with Gasteiger partial charge in [-0.3, -0.25) is 4.79 Å². The van der Waals surface area contributed by atoms with E-state index < -0.39 is 0 Å². The molecule has 0 aliphatic carbocycles. The third kappa shape index (κ3) is 2.67. The van der Waals surface area contributed by atoms with E-state index in [1.807, 2.05) is 30.3 Å². The molecule has 0 N–H and O–H groups in total. The van der Waals surface area contributed by atoms with Crippen molar-refractivity contribution < 1.29 is 4.79 Å². The van der Waals surface area contributed by atoms with Gasteiger partial charge in [-0.25, -0.2) is 4.99 Å². The Hall–Kier alpha value is -1.84. The van der Waals surface area contributed by atoms with Gasteiger partial charge in [0.05, 0.1) is 5.69 Å². The topological polar surface area (TPSA) is 29.4 Å². The fraction of sp³-hybridized carbons (Fsp3) is 0.0588. The number of fused-ring (bicyclic) bond motifs is 2. The van der Waals surface area contributed by atoms with E-state index in [4.69, 9.17) is 11.6 Å². The Labute approximate surface area is 132 Å². The van der Waals surface area contributed by atoms with Gasteiger partial charge in [0.2, 0.25) is 0 Å². The number of hydrogen-bond acceptors (Lipinski definition) is 3. The number of Topliss-reactive ketones (excluding diaryl/α,β-unsaturated/α-hetero) is 1.